The van der Waals surface area contributed by atoms with E-state index in [-0.39, 0.29) is 10.8 Å². The van der Waals surface area contributed by atoms with E-state index in [4.69, 9.17) is 0 Å². The number of para-hydroxylation sites is 1. The first kappa shape index (κ1) is 19.0. The summed E-state index contributed by atoms with van der Waals surface area (Å²) in [5, 5.41) is 2.84. The van der Waals surface area contributed by atoms with Gasteiger partial charge < -0.3 is 10.2 Å². The highest BCUT2D eigenvalue weighted by Gasteiger charge is 2.13. The number of amides is 1. The Morgan fingerprint density at radius 3 is 2.28 bits per heavy atom. The van der Waals surface area contributed by atoms with Crippen molar-refractivity contribution < 1.29 is 13.2 Å². The van der Waals surface area contributed by atoms with E-state index in [1.54, 1.807) is 6.92 Å². The van der Waals surface area contributed by atoms with Gasteiger partial charge in [-0.25, -0.2) is 13.1 Å². The predicted molar refractivity (Wildman–Crippen MR) is 99.3 cm³/mol. The average Bonchev–Trinajstić information content (AvgIpc) is 2.62. The van der Waals surface area contributed by atoms with Gasteiger partial charge in [0.05, 0.1) is 4.90 Å². The van der Waals surface area contributed by atoms with Crippen LogP contribution in [0.3, 0.4) is 0 Å². The molecule has 0 atom stereocenters. The Hall–Kier alpha value is -2.38. The van der Waals surface area contributed by atoms with E-state index < -0.39 is 10.0 Å². The molecular formula is C18H23N3O3S. The molecule has 7 heteroatoms. The molecule has 2 aromatic carbocycles. The Bertz CT molecular complexity index is 790. The number of nitrogens with zero attached hydrogens (tertiary/aromatic N) is 1. The SMILES string of the molecule is CCNS(=O)(=O)c1ccc(C(=O)NCCN(C)c2ccccc2)cc1. The maximum absolute atomic E-state index is 12.2. The van der Waals surface area contributed by atoms with Gasteiger partial charge in [-0.2, -0.15) is 0 Å². The third kappa shape index (κ3) is 5.30. The molecule has 0 bridgehead atoms. The zero-order chi connectivity index (χ0) is 18.3. The topological polar surface area (TPSA) is 78.5 Å². The molecule has 25 heavy (non-hydrogen) atoms. The third-order valence-electron chi connectivity index (χ3n) is 3.69. The standard InChI is InChI=1S/C18H23N3O3S/c1-3-20-25(23,24)17-11-9-15(10-12-17)18(22)19-13-14-21(2)16-7-5-4-6-8-16/h4-12,20H,3,13-14H2,1-2H3,(H,19,22). The Morgan fingerprint density at radius 2 is 1.68 bits per heavy atom. The zero-order valence-corrected chi connectivity index (χ0v) is 15.2. The van der Waals surface area contributed by atoms with Gasteiger partial charge in [0.2, 0.25) is 10.0 Å². The van der Waals surface area contributed by atoms with Crippen LogP contribution in [0.2, 0.25) is 0 Å². The summed E-state index contributed by atoms with van der Waals surface area (Å²) in [5.74, 6) is -0.228. The molecule has 0 saturated carbocycles. The second-order valence-corrected chi connectivity index (χ2v) is 7.31. The van der Waals surface area contributed by atoms with Crippen LogP contribution in [-0.4, -0.2) is 41.0 Å². The van der Waals surface area contributed by atoms with E-state index in [9.17, 15) is 13.2 Å². The summed E-state index contributed by atoms with van der Waals surface area (Å²) >= 11 is 0. The molecule has 0 aliphatic carbocycles. The Balaban J connectivity index is 1.89. The molecule has 2 aromatic rings. The molecule has 0 aliphatic heterocycles. The number of hydrogen-bond donors (Lipinski definition) is 2. The van der Waals surface area contributed by atoms with E-state index in [0.29, 0.717) is 25.2 Å². The summed E-state index contributed by atoms with van der Waals surface area (Å²) in [5.41, 5.74) is 1.51. The molecule has 0 spiro atoms. The molecule has 0 saturated heterocycles. The third-order valence-corrected chi connectivity index (χ3v) is 5.25. The van der Waals surface area contributed by atoms with Crippen molar-refractivity contribution in [2.24, 2.45) is 0 Å². The molecule has 0 fully saturated rings. The van der Waals surface area contributed by atoms with E-state index in [1.165, 1.54) is 24.3 Å². The van der Waals surface area contributed by atoms with Gasteiger partial charge in [0, 0.05) is 37.9 Å². The maximum Gasteiger partial charge on any atom is 0.251 e. The summed E-state index contributed by atoms with van der Waals surface area (Å²) in [6.07, 6.45) is 0. The van der Waals surface area contributed by atoms with Crippen LogP contribution in [0.5, 0.6) is 0 Å². The monoisotopic (exact) mass is 361 g/mol. The lowest BCUT2D eigenvalue weighted by atomic mass is 10.2. The summed E-state index contributed by atoms with van der Waals surface area (Å²) in [6, 6.07) is 15.8. The smallest absolute Gasteiger partial charge is 0.251 e. The maximum atomic E-state index is 12.2. The Kier molecular flexibility index (Phi) is 6.55. The van der Waals surface area contributed by atoms with Crippen LogP contribution < -0.4 is 14.9 Å². The first-order valence-electron chi connectivity index (χ1n) is 8.08. The van der Waals surface area contributed by atoms with Crippen molar-refractivity contribution in [3.05, 3.63) is 60.2 Å². The molecule has 0 radical (unpaired) electrons. The quantitative estimate of drug-likeness (QED) is 0.752. The number of carbonyl (C=O) groups is 1. The lowest BCUT2D eigenvalue weighted by Crippen LogP contribution is -2.33. The van der Waals surface area contributed by atoms with E-state index in [0.717, 1.165) is 5.69 Å². The summed E-state index contributed by atoms with van der Waals surface area (Å²) in [6.45, 7) is 3.19. The molecule has 0 heterocycles. The number of carbonyl (C=O) groups excluding carboxylic acids is 1. The molecule has 6 nitrogen and oxygen atoms in total. The molecule has 0 aliphatic rings. The molecule has 1 amide bonds. The molecule has 2 rings (SSSR count). The van der Waals surface area contributed by atoms with Gasteiger partial charge in [-0.15, -0.1) is 0 Å². The minimum Gasteiger partial charge on any atom is -0.373 e. The second kappa shape index (κ2) is 8.64. The zero-order valence-electron chi connectivity index (χ0n) is 14.4. The fourth-order valence-corrected chi connectivity index (χ4v) is 3.35. The van der Waals surface area contributed by atoms with Crippen molar-refractivity contribution in [1.82, 2.24) is 10.0 Å². The first-order valence-corrected chi connectivity index (χ1v) is 9.56. The van der Waals surface area contributed by atoms with Crippen molar-refractivity contribution in [3.63, 3.8) is 0 Å². The minimum atomic E-state index is -3.50. The van der Waals surface area contributed by atoms with Gasteiger partial charge in [-0.1, -0.05) is 25.1 Å². The minimum absolute atomic E-state index is 0.148. The number of rotatable bonds is 8. The lowest BCUT2D eigenvalue weighted by molar-refractivity contribution is 0.0954. The summed E-state index contributed by atoms with van der Waals surface area (Å²) < 4.78 is 26.2. The van der Waals surface area contributed by atoms with Crippen molar-refractivity contribution in [2.45, 2.75) is 11.8 Å². The van der Waals surface area contributed by atoms with Crippen LogP contribution in [0.25, 0.3) is 0 Å². The fraction of sp³-hybridized carbons (Fsp3) is 0.278. The van der Waals surface area contributed by atoms with Gasteiger partial charge in [-0.05, 0) is 36.4 Å². The van der Waals surface area contributed by atoms with Crippen LogP contribution in [0.4, 0.5) is 5.69 Å². The van der Waals surface area contributed by atoms with Crippen molar-refractivity contribution >= 4 is 21.6 Å². The van der Waals surface area contributed by atoms with E-state index >= 15 is 0 Å². The highest BCUT2D eigenvalue weighted by Crippen LogP contribution is 2.11. The van der Waals surface area contributed by atoms with Gasteiger partial charge in [0.25, 0.3) is 5.91 Å². The first-order chi connectivity index (χ1) is 11.9. The van der Waals surface area contributed by atoms with Crippen LogP contribution in [0.1, 0.15) is 17.3 Å². The van der Waals surface area contributed by atoms with Gasteiger partial charge in [-0.3, -0.25) is 4.79 Å². The number of anilines is 1. The number of hydrogen-bond acceptors (Lipinski definition) is 4. The second-order valence-electron chi connectivity index (χ2n) is 5.54. The number of likely N-dealkylation sites (N-methyl/N-ethyl adjacent to an activating group) is 1. The number of benzene rings is 2. The van der Waals surface area contributed by atoms with Crippen molar-refractivity contribution in [3.8, 4) is 0 Å². The molecule has 134 valence electrons. The summed E-state index contributed by atoms with van der Waals surface area (Å²) in [4.78, 5) is 14.4. The lowest BCUT2D eigenvalue weighted by Gasteiger charge is -2.19. The fourth-order valence-electron chi connectivity index (χ4n) is 2.31. The highest BCUT2D eigenvalue weighted by molar-refractivity contribution is 7.89. The largest absolute Gasteiger partial charge is 0.373 e. The summed E-state index contributed by atoms with van der Waals surface area (Å²) in [7, 11) is -1.54. The Morgan fingerprint density at radius 1 is 1.04 bits per heavy atom. The highest BCUT2D eigenvalue weighted by atomic mass is 32.2. The van der Waals surface area contributed by atoms with Crippen LogP contribution >= 0.6 is 0 Å². The molecule has 2 N–H and O–H groups in total. The predicted octanol–water partition coefficient (Wildman–Crippen LogP) is 1.85. The van der Waals surface area contributed by atoms with Gasteiger partial charge >= 0.3 is 0 Å². The van der Waals surface area contributed by atoms with Crippen molar-refractivity contribution in [2.75, 3.05) is 31.6 Å². The van der Waals surface area contributed by atoms with Crippen LogP contribution in [0, 0.1) is 0 Å². The Labute approximate surface area is 148 Å². The van der Waals surface area contributed by atoms with Crippen LogP contribution in [0.15, 0.2) is 59.5 Å². The molecule has 0 unspecified atom stereocenters. The molecule has 0 aromatic heterocycles. The van der Waals surface area contributed by atoms with E-state index in [2.05, 4.69) is 10.0 Å². The molecular weight excluding hydrogens is 338 g/mol. The van der Waals surface area contributed by atoms with E-state index in [1.807, 2.05) is 42.3 Å². The van der Waals surface area contributed by atoms with Crippen LogP contribution in [-0.2, 0) is 10.0 Å². The normalized spacial score (nSPS) is 11.1. The number of nitrogens with one attached hydrogen (secondary N) is 2. The van der Waals surface area contributed by atoms with Gasteiger partial charge in [0.1, 0.15) is 0 Å². The average molecular weight is 361 g/mol. The van der Waals surface area contributed by atoms with Gasteiger partial charge in [0.15, 0.2) is 0 Å². The van der Waals surface area contributed by atoms with Crippen molar-refractivity contribution in [1.29, 1.82) is 0 Å². The number of sulfonamides is 1.